The maximum absolute atomic E-state index is 12.4. The van der Waals surface area contributed by atoms with Crippen LogP contribution in [0.2, 0.25) is 0 Å². The first-order valence-electron chi connectivity index (χ1n) is 10.6. The normalized spacial score (nSPS) is 14.8. The van der Waals surface area contributed by atoms with Crippen LogP contribution >= 0.6 is 0 Å². The van der Waals surface area contributed by atoms with Gasteiger partial charge in [0.15, 0.2) is 5.96 Å². The lowest BCUT2D eigenvalue weighted by Crippen LogP contribution is -2.60. The maximum Gasteiger partial charge on any atom is 0.326 e. The van der Waals surface area contributed by atoms with Gasteiger partial charge in [-0.25, -0.2) is 4.79 Å². The van der Waals surface area contributed by atoms with Crippen molar-refractivity contribution in [2.24, 2.45) is 11.5 Å². The topological polar surface area (TPSA) is 323 Å². The third kappa shape index (κ3) is 11.7. The van der Waals surface area contributed by atoms with Crippen molar-refractivity contribution in [1.29, 1.82) is 5.41 Å². The van der Waals surface area contributed by atoms with Gasteiger partial charge in [0.2, 0.25) is 23.6 Å². The molecule has 0 aromatic rings. The van der Waals surface area contributed by atoms with Crippen LogP contribution < -0.4 is 38.1 Å². The van der Waals surface area contributed by atoms with Crippen LogP contribution in [0.15, 0.2) is 0 Å². The summed E-state index contributed by atoms with van der Waals surface area (Å²) in [5, 5.41) is 64.1. The SMILES string of the molecule is N=C(N)NCCC[C@H](NC(=O)[C@H](CO)NC(=O)[C@H](CO)NC(=O)[C@H](CO)NC(=O)[C@@H](N)CO)C(=O)O. The zero-order valence-electron chi connectivity index (χ0n) is 19.3. The second-order valence-electron chi connectivity index (χ2n) is 7.40. The van der Waals surface area contributed by atoms with E-state index in [1.807, 2.05) is 16.0 Å². The van der Waals surface area contributed by atoms with E-state index < -0.39 is 86.2 Å². The molecule has 0 radical (unpaired) electrons. The van der Waals surface area contributed by atoms with E-state index in [1.54, 1.807) is 0 Å². The van der Waals surface area contributed by atoms with Gasteiger partial charge in [0, 0.05) is 6.54 Å². The molecule has 0 aliphatic rings. The standard InChI is InChI=1S/C18H34N8O10/c19-8(4-27)13(31)24-10(5-28)15(33)26-12(7-30)16(34)25-11(6-29)14(32)23-9(17(35)36)2-1-3-22-18(20)21/h8-12,27-30H,1-7,19H2,(H,23,32)(H,24,31)(H,25,34)(H,26,33)(H,35,36)(H4,20,21,22)/t8-,9-,10-,11-,12-/m0/s1. The lowest BCUT2D eigenvalue weighted by molar-refractivity contribution is -0.142. The average Bonchev–Trinajstić information content (AvgIpc) is 2.84. The number of hydrogen-bond donors (Lipinski definition) is 13. The van der Waals surface area contributed by atoms with Crippen LogP contribution in [0.5, 0.6) is 0 Å². The molecule has 0 fully saturated rings. The first-order chi connectivity index (χ1) is 16.9. The summed E-state index contributed by atoms with van der Waals surface area (Å²) in [7, 11) is 0. The number of carboxylic acids is 1. The van der Waals surface area contributed by atoms with Crippen molar-refractivity contribution in [2.75, 3.05) is 33.0 Å². The molecule has 206 valence electrons. The van der Waals surface area contributed by atoms with Crippen molar-refractivity contribution in [3.05, 3.63) is 0 Å². The van der Waals surface area contributed by atoms with E-state index in [9.17, 15) is 44.4 Å². The molecule has 0 aliphatic carbocycles. The van der Waals surface area contributed by atoms with Gasteiger partial charge in [-0.1, -0.05) is 0 Å². The molecule has 0 saturated heterocycles. The maximum atomic E-state index is 12.4. The van der Waals surface area contributed by atoms with Crippen LogP contribution in [0.3, 0.4) is 0 Å². The summed E-state index contributed by atoms with van der Waals surface area (Å²) in [6.07, 6.45) is 0.133. The van der Waals surface area contributed by atoms with Gasteiger partial charge < -0.3 is 63.6 Å². The first-order valence-corrected chi connectivity index (χ1v) is 10.6. The van der Waals surface area contributed by atoms with E-state index in [-0.39, 0.29) is 25.3 Å². The van der Waals surface area contributed by atoms with E-state index in [1.165, 1.54) is 0 Å². The predicted molar refractivity (Wildman–Crippen MR) is 121 cm³/mol. The van der Waals surface area contributed by atoms with Crippen molar-refractivity contribution in [1.82, 2.24) is 26.6 Å². The second-order valence-corrected chi connectivity index (χ2v) is 7.40. The van der Waals surface area contributed by atoms with Crippen LogP contribution in [0.1, 0.15) is 12.8 Å². The van der Waals surface area contributed by atoms with E-state index in [0.29, 0.717) is 0 Å². The number of amides is 4. The fraction of sp³-hybridized carbons (Fsp3) is 0.667. The molecule has 15 N–H and O–H groups in total. The Morgan fingerprint density at radius 1 is 0.694 bits per heavy atom. The zero-order valence-corrected chi connectivity index (χ0v) is 19.3. The smallest absolute Gasteiger partial charge is 0.326 e. The Labute approximate surface area is 205 Å². The molecule has 0 aromatic carbocycles. The van der Waals surface area contributed by atoms with E-state index >= 15 is 0 Å². The number of aliphatic hydroxyl groups is 4. The number of carbonyl (C=O) groups is 5. The van der Waals surface area contributed by atoms with Gasteiger partial charge in [-0.15, -0.1) is 0 Å². The number of aliphatic hydroxyl groups excluding tert-OH is 4. The Morgan fingerprint density at radius 2 is 1.08 bits per heavy atom. The van der Waals surface area contributed by atoms with Crippen LogP contribution in [0.25, 0.3) is 0 Å². The molecule has 18 heteroatoms. The van der Waals surface area contributed by atoms with Crippen LogP contribution in [0, 0.1) is 5.41 Å². The van der Waals surface area contributed by atoms with Gasteiger partial charge in [-0.2, -0.15) is 0 Å². The Bertz CT molecular complexity index is 783. The fourth-order valence-electron chi connectivity index (χ4n) is 2.55. The third-order valence-corrected chi connectivity index (χ3v) is 4.58. The lowest BCUT2D eigenvalue weighted by atomic mass is 10.1. The summed E-state index contributed by atoms with van der Waals surface area (Å²) in [5.74, 6) is -6.01. The summed E-state index contributed by atoms with van der Waals surface area (Å²) in [6, 6.07) is -7.72. The largest absolute Gasteiger partial charge is 0.480 e. The summed E-state index contributed by atoms with van der Waals surface area (Å²) >= 11 is 0. The van der Waals surface area contributed by atoms with E-state index in [0.717, 1.165) is 0 Å². The monoisotopic (exact) mass is 522 g/mol. The van der Waals surface area contributed by atoms with Crippen LogP contribution in [-0.2, 0) is 24.0 Å². The number of aliphatic carboxylic acids is 1. The highest BCUT2D eigenvalue weighted by Gasteiger charge is 2.31. The van der Waals surface area contributed by atoms with Crippen LogP contribution in [0.4, 0.5) is 0 Å². The molecule has 0 rings (SSSR count). The van der Waals surface area contributed by atoms with Crippen molar-refractivity contribution in [3.63, 3.8) is 0 Å². The molecule has 5 atom stereocenters. The van der Waals surface area contributed by atoms with Crippen molar-refractivity contribution >= 4 is 35.6 Å². The quantitative estimate of drug-likeness (QED) is 0.0480. The Kier molecular flexibility index (Phi) is 15.3. The van der Waals surface area contributed by atoms with E-state index in [4.69, 9.17) is 22.0 Å². The number of carboxylic acid groups (broad SMARTS) is 1. The summed E-state index contributed by atoms with van der Waals surface area (Å²) in [4.78, 5) is 60.2. The molecule has 4 amide bonds. The Hall–Kier alpha value is -3.58. The van der Waals surface area contributed by atoms with Gasteiger partial charge in [0.1, 0.15) is 30.2 Å². The van der Waals surface area contributed by atoms with E-state index in [2.05, 4.69) is 10.6 Å². The number of nitrogens with two attached hydrogens (primary N) is 2. The molecule has 36 heavy (non-hydrogen) atoms. The third-order valence-electron chi connectivity index (χ3n) is 4.58. The number of nitrogens with one attached hydrogen (secondary N) is 6. The molecular formula is C18H34N8O10. The van der Waals surface area contributed by atoms with Crippen LogP contribution in [-0.4, -0.2) is 124 Å². The van der Waals surface area contributed by atoms with Crippen molar-refractivity contribution < 1.29 is 49.5 Å². The van der Waals surface area contributed by atoms with Gasteiger partial charge in [0.05, 0.1) is 26.4 Å². The summed E-state index contributed by atoms with van der Waals surface area (Å²) < 4.78 is 0. The number of carbonyl (C=O) groups excluding carboxylic acids is 4. The molecule has 0 saturated carbocycles. The number of rotatable bonds is 17. The average molecular weight is 523 g/mol. The zero-order chi connectivity index (χ0) is 27.8. The first kappa shape index (κ1) is 32.4. The highest BCUT2D eigenvalue weighted by molar-refractivity contribution is 5.95. The summed E-state index contributed by atoms with van der Waals surface area (Å²) in [5.41, 5.74) is 10.4. The van der Waals surface area contributed by atoms with Gasteiger partial charge >= 0.3 is 5.97 Å². The van der Waals surface area contributed by atoms with Crippen molar-refractivity contribution in [3.8, 4) is 0 Å². The minimum Gasteiger partial charge on any atom is -0.480 e. The molecule has 0 unspecified atom stereocenters. The molecule has 0 spiro atoms. The molecule has 0 bridgehead atoms. The van der Waals surface area contributed by atoms with Gasteiger partial charge in [-0.3, -0.25) is 24.6 Å². The summed E-state index contributed by atoms with van der Waals surface area (Å²) in [6.45, 7) is -3.45. The fourth-order valence-corrected chi connectivity index (χ4v) is 2.55. The number of guanidine groups is 1. The predicted octanol–water partition coefficient (Wildman–Crippen LogP) is -7.43. The molecule has 0 aromatic heterocycles. The lowest BCUT2D eigenvalue weighted by Gasteiger charge is -2.24. The Balaban J connectivity index is 5.09. The molecule has 18 nitrogen and oxygen atoms in total. The molecule has 0 heterocycles. The highest BCUT2D eigenvalue weighted by atomic mass is 16.4. The van der Waals surface area contributed by atoms with Crippen molar-refractivity contribution in [2.45, 2.75) is 43.1 Å². The van der Waals surface area contributed by atoms with Gasteiger partial charge in [0.25, 0.3) is 0 Å². The molecule has 0 aliphatic heterocycles. The minimum atomic E-state index is -1.69. The number of hydrogen-bond acceptors (Lipinski definition) is 11. The minimum absolute atomic E-state index is 0.0724. The molecular weight excluding hydrogens is 488 g/mol. The highest BCUT2D eigenvalue weighted by Crippen LogP contribution is 1.99. The van der Waals surface area contributed by atoms with Gasteiger partial charge in [-0.05, 0) is 12.8 Å². The Morgan fingerprint density at radius 3 is 1.42 bits per heavy atom. The second kappa shape index (κ2) is 16.9.